The summed E-state index contributed by atoms with van der Waals surface area (Å²) in [7, 11) is 0. The third-order valence-corrected chi connectivity index (χ3v) is 2.31. The zero-order valence-corrected chi connectivity index (χ0v) is 8.72. The zero-order valence-electron chi connectivity index (χ0n) is 8.72. The van der Waals surface area contributed by atoms with Crippen LogP contribution in [0.2, 0.25) is 0 Å². The lowest BCUT2D eigenvalue weighted by Gasteiger charge is -2.24. The highest BCUT2D eigenvalue weighted by atomic mass is 16.5. The second kappa shape index (κ2) is 4.76. The van der Waals surface area contributed by atoms with E-state index in [2.05, 4.69) is 41.5 Å². The third kappa shape index (κ3) is 4.41. The minimum absolute atomic E-state index is 0.382. The fourth-order valence-electron chi connectivity index (χ4n) is 0.653. The molecule has 0 saturated carbocycles. The fraction of sp³-hybridized carbons (Fsp3) is 1.00. The van der Waals surface area contributed by atoms with Gasteiger partial charge in [0.05, 0.1) is 12.2 Å². The summed E-state index contributed by atoms with van der Waals surface area (Å²) in [5.74, 6) is 1.24. The van der Waals surface area contributed by atoms with Crippen LogP contribution in [0.25, 0.3) is 0 Å². The van der Waals surface area contributed by atoms with Crippen molar-refractivity contribution >= 4 is 0 Å². The number of rotatable bonds is 4. The van der Waals surface area contributed by atoms with Crippen LogP contribution in [0.5, 0.6) is 0 Å². The molecule has 11 heavy (non-hydrogen) atoms. The van der Waals surface area contributed by atoms with E-state index in [1.807, 2.05) is 0 Å². The average molecular weight is 158 g/mol. The molecule has 0 bridgehead atoms. The number of hydrogen-bond donors (Lipinski definition) is 0. The Morgan fingerprint density at radius 3 is 1.09 bits per heavy atom. The predicted molar refractivity (Wildman–Crippen MR) is 49.7 cm³/mol. The summed E-state index contributed by atoms with van der Waals surface area (Å²) in [6.07, 6.45) is 0.764. The van der Waals surface area contributed by atoms with Crippen LogP contribution in [0.15, 0.2) is 0 Å². The smallest absolute Gasteiger partial charge is 0.0573 e. The van der Waals surface area contributed by atoms with Crippen molar-refractivity contribution in [3.8, 4) is 0 Å². The van der Waals surface area contributed by atoms with Gasteiger partial charge in [-0.2, -0.15) is 0 Å². The standard InChI is InChI=1S/C10H22O/c1-7(2)9(5)11-10(6)8(3)4/h7-10H,1-6H3/t9-,10?/m1/s1. The van der Waals surface area contributed by atoms with E-state index >= 15 is 0 Å². The van der Waals surface area contributed by atoms with Gasteiger partial charge in [-0.3, -0.25) is 0 Å². The second-order valence-corrected chi connectivity index (χ2v) is 4.03. The monoisotopic (exact) mass is 158 g/mol. The van der Waals surface area contributed by atoms with Gasteiger partial charge in [-0.1, -0.05) is 27.7 Å². The minimum atomic E-state index is 0.382. The van der Waals surface area contributed by atoms with Gasteiger partial charge >= 0.3 is 0 Å². The highest BCUT2D eigenvalue weighted by molar-refractivity contribution is 4.61. The molecule has 0 aliphatic carbocycles. The van der Waals surface area contributed by atoms with E-state index in [1.54, 1.807) is 0 Å². The first-order chi connectivity index (χ1) is 4.95. The third-order valence-electron chi connectivity index (χ3n) is 2.31. The first kappa shape index (κ1) is 11.0. The molecule has 0 heterocycles. The molecule has 0 fully saturated rings. The van der Waals surface area contributed by atoms with E-state index in [0.29, 0.717) is 24.0 Å². The Morgan fingerprint density at radius 1 is 0.636 bits per heavy atom. The van der Waals surface area contributed by atoms with E-state index in [4.69, 9.17) is 4.74 Å². The maximum atomic E-state index is 5.77. The van der Waals surface area contributed by atoms with Crippen LogP contribution < -0.4 is 0 Å². The number of ether oxygens (including phenoxy) is 1. The largest absolute Gasteiger partial charge is 0.375 e. The Kier molecular flexibility index (Phi) is 4.74. The SMILES string of the molecule is CC(C)C(C)O[C@H](C)C(C)C. The van der Waals surface area contributed by atoms with E-state index in [9.17, 15) is 0 Å². The van der Waals surface area contributed by atoms with Crippen molar-refractivity contribution in [1.29, 1.82) is 0 Å². The van der Waals surface area contributed by atoms with Crippen LogP contribution in [0.1, 0.15) is 41.5 Å². The average Bonchev–Trinajstić information content (AvgIpc) is 1.87. The molecule has 1 unspecified atom stereocenters. The highest BCUT2D eigenvalue weighted by Gasteiger charge is 2.13. The van der Waals surface area contributed by atoms with Crippen LogP contribution in [-0.2, 0) is 4.74 Å². The van der Waals surface area contributed by atoms with Gasteiger partial charge in [0.25, 0.3) is 0 Å². The van der Waals surface area contributed by atoms with Crippen molar-refractivity contribution in [1.82, 2.24) is 0 Å². The van der Waals surface area contributed by atoms with Crippen LogP contribution in [-0.4, -0.2) is 12.2 Å². The summed E-state index contributed by atoms with van der Waals surface area (Å²) in [4.78, 5) is 0. The quantitative estimate of drug-likeness (QED) is 0.611. The Bertz CT molecular complexity index is 85.0. The Hall–Kier alpha value is -0.0400. The van der Waals surface area contributed by atoms with Crippen LogP contribution in [0, 0.1) is 11.8 Å². The van der Waals surface area contributed by atoms with Gasteiger partial charge in [0, 0.05) is 0 Å². The summed E-state index contributed by atoms with van der Waals surface area (Å²) in [5.41, 5.74) is 0. The molecule has 0 aliphatic heterocycles. The number of hydrogen-bond acceptors (Lipinski definition) is 1. The van der Waals surface area contributed by atoms with Gasteiger partial charge in [-0.05, 0) is 25.7 Å². The fourth-order valence-corrected chi connectivity index (χ4v) is 0.653. The molecule has 0 radical (unpaired) electrons. The molecule has 0 rings (SSSR count). The zero-order chi connectivity index (χ0) is 9.02. The van der Waals surface area contributed by atoms with Crippen LogP contribution in [0.4, 0.5) is 0 Å². The van der Waals surface area contributed by atoms with Gasteiger partial charge in [-0.25, -0.2) is 0 Å². The van der Waals surface area contributed by atoms with Crippen molar-refractivity contribution in [2.75, 3.05) is 0 Å². The van der Waals surface area contributed by atoms with Crippen molar-refractivity contribution in [3.63, 3.8) is 0 Å². The van der Waals surface area contributed by atoms with Crippen LogP contribution in [0.3, 0.4) is 0 Å². The topological polar surface area (TPSA) is 9.23 Å². The lowest BCUT2D eigenvalue weighted by atomic mass is 10.1. The maximum absolute atomic E-state index is 5.77. The molecule has 0 saturated heterocycles. The molecule has 0 amide bonds. The Morgan fingerprint density at radius 2 is 0.909 bits per heavy atom. The van der Waals surface area contributed by atoms with Crippen molar-refractivity contribution in [2.45, 2.75) is 53.8 Å². The summed E-state index contributed by atoms with van der Waals surface area (Å²) in [6, 6.07) is 0. The molecule has 0 N–H and O–H groups in total. The van der Waals surface area contributed by atoms with Crippen LogP contribution >= 0.6 is 0 Å². The van der Waals surface area contributed by atoms with Gasteiger partial charge < -0.3 is 4.74 Å². The summed E-state index contributed by atoms with van der Waals surface area (Å²) >= 11 is 0. The molecule has 68 valence electrons. The first-order valence-electron chi connectivity index (χ1n) is 4.60. The van der Waals surface area contributed by atoms with E-state index in [-0.39, 0.29) is 0 Å². The minimum Gasteiger partial charge on any atom is -0.375 e. The van der Waals surface area contributed by atoms with Gasteiger partial charge in [0.15, 0.2) is 0 Å². The van der Waals surface area contributed by atoms with Crippen molar-refractivity contribution < 1.29 is 4.74 Å². The molecule has 0 aromatic heterocycles. The molecule has 0 aromatic carbocycles. The van der Waals surface area contributed by atoms with E-state index in [0.717, 1.165) is 0 Å². The molecule has 0 aromatic rings. The van der Waals surface area contributed by atoms with Gasteiger partial charge in [0.1, 0.15) is 0 Å². The molecule has 2 atom stereocenters. The highest BCUT2D eigenvalue weighted by Crippen LogP contribution is 2.13. The molecule has 1 heteroatoms. The predicted octanol–water partition coefficient (Wildman–Crippen LogP) is 3.09. The van der Waals surface area contributed by atoms with Crippen molar-refractivity contribution in [3.05, 3.63) is 0 Å². The van der Waals surface area contributed by atoms with Gasteiger partial charge in [0.2, 0.25) is 0 Å². The normalized spacial score (nSPS) is 17.5. The first-order valence-corrected chi connectivity index (χ1v) is 4.60. The molecule has 0 aliphatic rings. The molecular weight excluding hydrogens is 136 g/mol. The molecular formula is C10H22O. The maximum Gasteiger partial charge on any atom is 0.0573 e. The van der Waals surface area contributed by atoms with Gasteiger partial charge in [-0.15, -0.1) is 0 Å². The summed E-state index contributed by atoms with van der Waals surface area (Å²) in [6.45, 7) is 13.1. The Balaban J connectivity index is 3.66. The van der Waals surface area contributed by atoms with E-state index < -0.39 is 0 Å². The van der Waals surface area contributed by atoms with Crippen molar-refractivity contribution in [2.24, 2.45) is 11.8 Å². The lowest BCUT2D eigenvalue weighted by Crippen LogP contribution is -2.25. The van der Waals surface area contributed by atoms with E-state index in [1.165, 1.54) is 0 Å². The second-order valence-electron chi connectivity index (χ2n) is 4.03. The summed E-state index contributed by atoms with van der Waals surface area (Å²) < 4.78 is 5.77. The lowest BCUT2D eigenvalue weighted by molar-refractivity contribution is -0.0368. The Labute approximate surface area is 71.1 Å². The molecule has 1 nitrogen and oxygen atoms in total. The summed E-state index contributed by atoms with van der Waals surface area (Å²) in [5, 5.41) is 0. The molecule has 0 spiro atoms.